The first-order chi connectivity index (χ1) is 16.4. The number of fused-ring (bicyclic) bond motifs is 1. The van der Waals surface area contributed by atoms with Crippen LogP contribution in [0, 0.1) is 0 Å². The molecule has 4 rings (SSSR count). The number of halogens is 2. The fourth-order valence-corrected chi connectivity index (χ4v) is 3.81. The molecule has 9 heteroatoms. The van der Waals surface area contributed by atoms with Crippen LogP contribution in [0.5, 0.6) is 17.4 Å². The van der Waals surface area contributed by atoms with E-state index in [9.17, 15) is 9.90 Å². The van der Waals surface area contributed by atoms with Crippen molar-refractivity contribution in [2.24, 2.45) is 0 Å². The highest BCUT2D eigenvalue weighted by molar-refractivity contribution is 6.33. The Bertz CT molecular complexity index is 1320. The zero-order chi connectivity index (χ0) is 24.2. The average molecular weight is 501 g/mol. The summed E-state index contributed by atoms with van der Waals surface area (Å²) in [4.78, 5) is 16.1. The molecule has 0 bridgehead atoms. The summed E-state index contributed by atoms with van der Waals surface area (Å²) in [5.41, 5.74) is 2.06. The molecule has 0 aliphatic rings. The topological polar surface area (TPSA) is 94.7 Å². The lowest BCUT2D eigenvalue weighted by Crippen LogP contribution is -2.26. The van der Waals surface area contributed by atoms with Crippen LogP contribution in [0.3, 0.4) is 0 Å². The van der Waals surface area contributed by atoms with Crippen LogP contribution in [0.4, 0.5) is 0 Å². The molecule has 2 heterocycles. The highest BCUT2D eigenvalue weighted by atomic mass is 35.5. The van der Waals surface area contributed by atoms with Gasteiger partial charge in [-0.15, -0.1) is 0 Å². The molecular formula is C25H22Cl2N2O5. The van der Waals surface area contributed by atoms with Crippen LogP contribution < -0.4 is 9.47 Å². The molecule has 0 amide bonds. The zero-order valence-corrected chi connectivity index (χ0v) is 20.1. The summed E-state index contributed by atoms with van der Waals surface area (Å²) in [5, 5.41) is 15.0. The molecule has 7 nitrogen and oxygen atoms in total. The average Bonchev–Trinajstić information content (AvgIpc) is 3.21. The number of hydrogen-bond acceptors (Lipinski definition) is 6. The van der Waals surface area contributed by atoms with E-state index in [0.29, 0.717) is 46.2 Å². The van der Waals surface area contributed by atoms with Gasteiger partial charge < -0.3 is 19.1 Å². The maximum Gasteiger partial charge on any atom is 0.344 e. The van der Waals surface area contributed by atoms with Crippen LogP contribution in [-0.4, -0.2) is 27.3 Å². The fraction of sp³-hybridized carbons (Fsp3) is 0.240. The Morgan fingerprint density at radius 2 is 1.88 bits per heavy atom. The number of aromatic nitrogens is 2. The maximum atomic E-state index is 11.4. The number of rotatable bonds is 9. The number of carboxylic acids is 1. The lowest BCUT2D eigenvalue weighted by molar-refractivity contribution is -0.145. The SMILES string of the molecule is CCCc1nc(Oc2ccc(Cl)cc2)ccc1-c1onc2cc(Cl)c(OC(CC)C(=O)O)cc12. The van der Waals surface area contributed by atoms with Crippen LogP contribution in [0.1, 0.15) is 32.4 Å². The van der Waals surface area contributed by atoms with Crippen molar-refractivity contribution in [1.82, 2.24) is 10.1 Å². The second kappa shape index (κ2) is 10.3. The standard InChI is InChI=1S/C25H22Cl2N2O5/c1-3-5-19-16(10-11-23(28-19)32-15-8-6-14(26)7-9-15)24-17-12-22(33-21(4-2)25(30)31)18(27)13-20(17)29-34-24/h6-13,21H,3-5H2,1-2H3,(H,30,31). The molecule has 1 unspecified atom stereocenters. The van der Waals surface area contributed by atoms with Crippen LogP contribution in [-0.2, 0) is 11.2 Å². The van der Waals surface area contributed by atoms with E-state index >= 15 is 0 Å². The van der Waals surface area contributed by atoms with Gasteiger partial charge in [-0.1, -0.05) is 48.6 Å². The maximum absolute atomic E-state index is 11.4. The lowest BCUT2D eigenvalue weighted by Gasteiger charge is -2.14. The number of nitrogens with zero attached hydrogens (tertiary/aromatic N) is 2. The molecule has 0 aliphatic heterocycles. The normalized spacial score (nSPS) is 12.0. The first-order valence-electron chi connectivity index (χ1n) is 10.8. The number of benzene rings is 2. The number of ether oxygens (including phenoxy) is 2. The third-order valence-electron chi connectivity index (χ3n) is 5.16. The Balaban J connectivity index is 1.73. The summed E-state index contributed by atoms with van der Waals surface area (Å²) < 4.78 is 17.2. The smallest absolute Gasteiger partial charge is 0.344 e. The Kier molecular flexibility index (Phi) is 7.24. The number of aryl methyl sites for hydroxylation is 1. The Morgan fingerprint density at radius 1 is 1.12 bits per heavy atom. The molecule has 0 saturated heterocycles. The summed E-state index contributed by atoms with van der Waals surface area (Å²) in [6.07, 6.45) is 0.816. The molecule has 1 N–H and O–H groups in total. The number of carboxylic acid groups (broad SMARTS) is 1. The van der Waals surface area contributed by atoms with E-state index in [2.05, 4.69) is 17.1 Å². The Labute approximate surface area is 206 Å². The van der Waals surface area contributed by atoms with Gasteiger partial charge in [-0.2, -0.15) is 0 Å². The first-order valence-corrected chi connectivity index (χ1v) is 11.6. The summed E-state index contributed by atoms with van der Waals surface area (Å²) >= 11 is 12.3. The van der Waals surface area contributed by atoms with Crippen molar-refractivity contribution in [3.63, 3.8) is 0 Å². The van der Waals surface area contributed by atoms with Gasteiger partial charge in [0.25, 0.3) is 0 Å². The molecule has 2 aromatic heterocycles. The van der Waals surface area contributed by atoms with Gasteiger partial charge in [-0.05, 0) is 55.3 Å². The van der Waals surface area contributed by atoms with Gasteiger partial charge in [0.1, 0.15) is 17.0 Å². The van der Waals surface area contributed by atoms with Gasteiger partial charge in [0.2, 0.25) is 5.88 Å². The van der Waals surface area contributed by atoms with E-state index in [1.807, 2.05) is 6.07 Å². The van der Waals surface area contributed by atoms with Crippen LogP contribution in [0.15, 0.2) is 53.1 Å². The lowest BCUT2D eigenvalue weighted by atomic mass is 10.0. The minimum atomic E-state index is -1.06. The second-order valence-electron chi connectivity index (χ2n) is 7.61. The van der Waals surface area contributed by atoms with Crippen molar-refractivity contribution in [2.45, 2.75) is 39.2 Å². The summed E-state index contributed by atoms with van der Waals surface area (Å²) in [6.45, 7) is 3.78. The van der Waals surface area contributed by atoms with Crippen molar-refractivity contribution in [1.29, 1.82) is 0 Å². The third kappa shape index (κ3) is 5.11. The van der Waals surface area contributed by atoms with E-state index < -0.39 is 12.1 Å². The minimum absolute atomic E-state index is 0.251. The molecular weight excluding hydrogens is 479 g/mol. The number of pyridine rings is 1. The summed E-state index contributed by atoms with van der Waals surface area (Å²) in [5.74, 6) is 0.750. The minimum Gasteiger partial charge on any atom is -0.479 e. The molecule has 2 aromatic carbocycles. The van der Waals surface area contributed by atoms with Gasteiger partial charge in [-0.3, -0.25) is 0 Å². The predicted molar refractivity (Wildman–Crippen MR) is 130 cm³/mol. The molecule has 0 aliphatic carbocycles. The van der Waals surface area contributed by atoms with Crippen molar-refractivity contribution in [3.8, 4) is 28.7 Å². The van der Waals surface area contributed by atoms with Crippen molar-refractivity contribution in [2.75, 3.05) is 0 Å². The van der Waals surface area contributed by atoms with E-state index in [1.165, 1.54) is 0 Å². The van der Waals surface area contributed by atoms with Crippen molar-refractivity contribution < 1.29 is 23.9 Å². The van der Waals surface area contributed by atoms with Crippen LogP contribution in [0.2, 0.25) is 10.0 Å². The first kappa shape index (κ1) is 23.9. The molecule has 0 fully saturated rings. The van der Waals surface area contributed by atoms with Gasteiger partial charge in [0, 0.05) is 16.7 Å². The summed E-state index contributed by atoms with van der Waals surface area (Å²) in [6, 6.07) is 13.9. The Hall–Kier alpha value is -3.29. The van der Waals surface area contributed by atoms with Crippen molar-refractivity contribution in [3.05, 3.63) is 64.3 Å². The largest absolute Gasteiger partial charge is 0.479 e. The highest BCUT2D eigenvalue weighted by Crippen LogP contribution is 2.38. The molecule has 4 aromatic rings. The molecule has 176 valence electrons. The predicted octanol–water partition coefficient (Wildman–Crippen LogP) is 7.18. The third-order valence-corrected chi connectivity index (χ3v) is 5.71. The van der Waals surface area contributed by atoms with E-state index in [-0.39, 0.29) is 10.8 Å². The molecule has 34 heavy (non-hydrogen) atoms. The second-order valence-corrected chi connectivity index (χ2v) is 8.46. The Morgan fingerprint density at radius 3 is 2.56 bits per heavy atom. The van der Waals surface area contributed by atoms with Crippen molar-refractivity contribution >= 4 is 40.1 Å². The fourth-order valence-electron chi connectivity index (χ4n) is 3.49. The zero-order valence-electron chi connectivity index (χ0n) is 18.5. The van der Waals surface area contributed by atoms with E-state index in [1.54, 1.807) is 49.4 Å². The quantitative estimate of drug-likeness (QED) is 0.260. The van der Waals surface area contributed by atoms with Crippen LogP contribution in [0.25, 0.3) is 22.2 Å². The monoisotopic (exact) mass is 500 g/mol. The van der Waals surface area contributed by atoms with E-state index in [4.69, 9.17) is 37.2 Å². The number of hydrogen-bond donors (Lipinski definition) is 1. The molecule has 0 saturated carbocycles. The molecule has 0 radical (unpaired) electrons. The molecule has 1 atom stereocenters. The summed E-state index contributed by atoms with van der Waals surface area (Å²) in [7, 11) is 0. The van der Waals surface area contributed by atoms with Gasteiger partial charge >= 0.3 is 5.97 Å². The number of aliphatic carboxylic acids is 1. The van der Waals surface area contributed by atoms with Gasteiger partial charge in [-0.25, -0.2) is 9.78 Å². The van der Waals surface area contributed by atoms with Gasteiger partial charge in [0.15, 0.2) is 11.9 Å². The molecule has 0 spiro atoms. The number of carbonyl (C=O) groups is 1. The van der Waals surface area contributed by atoms with Gasteiger partial charge in [0.05, 0.1) is 16.1 Å². The van der Waals surface area contributed by atoms with Crippen LogP contribution >= 0.6 is 23.2 Å². The van der Waals surface area contributed by atoms with E-state index in [0.717, 1.165) is 17.7 Å². The highest BCUT2D eigenvalue weighted by Gasteiger charge is 2.22.